The fourth-order valence-corrected chi connectivity index (χ4v) is 4.16. The zero-order valence-electron chi connectivity index (χ0n) is 13.2. The number of aryl methyl sites for hydroxylation is 1. The standard InChI is InChI=1S/C20H19NO2/c1-21-15-9-4-2-7-13(15)19-18(17-11-6-12-22-17)14-8-3-5-10-16(14)23-20(19)21/h2-5,7-10,17-18H,6,11-12H2,1H3/t17-,18-/m1/s1. The van der Waals surface area contributed by atoms with Gasteiger partial charge in [0.25, 0.3) is 0 Å². The Kier molecular flexibility index (Phi) is 2.79. The Labute approximate surface area is 135 Å². The summed E-state index contributed by atoms with van der Waals surface area (Å²) in [6.07, 6.45) is 2.50. The molecule has 0 bridgehead atoms. The van der Waals surface area contributed by atoms with Gasteiger partial charge in [0.15, 0.2) is 0 Å². The van der Waals surface area contributed by atoms with Crippen LogP contribution in [0.5, 0.6) is 11.6 Å². The van der Waals surface area contributed by atoms with Gasteiger partial charge in [-0.3, -0.25) is 0 Å². The third-order valence-electron chi connectivity index (χ3n) is 5.20. The minimum Gasteiger partial charge on any atom is -0.440 e. The van der Waals surface area contributed by atoms with Gasteiger partial charge in [0.2, 0.25) is 5.88 Å². The maximum Gasteiger partial charge on any atom is 0.204 e. The number of hydrogen-bond donors (Lipinski definition) is 0. The van der Waals surface area contributed by atoms with Crippen molar-refractivity contribution >= 4 is 10.9 Å². The third-order valence-corrected chi connectivity index (χ3v) is 5.20. The smallest absolute Gasteiger partial charge is 0.204 e. The fourth-order valence-electron chi connectivity index (χ4n) is 4.16. The highest BCUT2D eigenvalue weighted by molar-refractivity contribution is 5.89. The molecule has 3 nitrogen and oxygen atoms in total. The average molecular weight is 305 g/mol. The van der Waals surface area contributed by atoms with Crippen molar-refractivity contribution in [1.29, 1.82) is 0 Å². The minimum absolute atomic E-state index is 0.240. The maximum absolute atomic E-state index is 6.29. The molecule has 2 aromatic carbocycles. The summed E-state index contributed by atoms with van der Waals surface area (Å²) in [7, 11) is 2.08. The first kappa shape index (κ1) is 13.2. The van der Waals surface area contributed by atoms with Crippen LogP contribution in [0, 0.1) is 0 Å². The average Bonchev–Trinajstić information content (AvgIpc) is 3.22. The van der Waals surface area contributed by atoms with E-state index in [4.69, 9.17) is 9.47 Å². The molecule has 23 heavy (non-hydrogen) atoms. The van der Waals surface area contributed by atoms with Gasteiger partial charge >= 0.3 is 0 Å². The Morgan fingerprint density at radius 2 is 1.87 bits per heavy atom. The molecule has 2 aliphatic heterocycles. The number of benzene rings is 2. The van der Waals surface area contributed by atoms with E-state index >= 15 is 0 Å². The van der Waals surface area contributed by atoms with Gasteiger partial charge in [-0.1, -0.05) is 36.4 Å². The first-order chi connectivity index (χ1) is 11.3. The number of ether oxygens (including phenoxy) is 2. The summed E-state index contributed by atoms with van der Waals surface area (Å²) in [5, 5.41) is 1.28. The molecule has 3 heteroatoms. The van der Waals surface area contributed by atoms with Crippen LogP contribution in [0.15, 0.2) is 48.5 Å². The molecule has 0 saturated carbocycles. The van der Waals surface area contributed by atoms with Crippen LogP contribution in [0.3, 0.4) is 0 Å². The quantitative estimate of drug-likeness (QED) is 0.656. The molecule has 1 aromatic heterocycles. The van der Waals surface area contributed by atoms with Gasteiger partial charge in [0.05, 0.1) is 11.6 Å². The van der Waals surface area contributed by atoms with E-state index in [1.54, 1.807) is 0 Å². The van der Waals surface area contributed by atoms with Crippen LogP contribution in [-0.4, -0.2) is 17.3 Å². The first-order valence-electron chi connectivity index (χ1n) is 8.30. The molecule has 3 aromatic rings. The van der Waals surface area contributed by atoms with E-state index in [2.05, 4.69) is 54.1 Å². The van der Waals surface area contributed by atoms with Crippen molar-refractivity contribution in [2.45, 2.75) is 24.9 Å². The SMILES string of the molecule is Cn1c2c(c3ccccc31)[C@@H]([C@H]1CCCO1)c1ccccc1O2. The Balaban J connectivity index is 1.82. The second-order valence-electron chi connectivity index (χ2n) is 6.46. The van der Waals surface area contributed by atoms with E-state index in [0.717, 1.165) is 31.1 Å². The molecule has 2 aliphatic rings. The summed E-state index contributed by atoms with van der Waals surface area (Å²) >= 11 is 0. The predicted octanol–water partition coefficient (Wildman–Crippen LogP) is 4.59. The van der Waals surface area contributed by atoms with E-state index < -0.39 is 0 Å². The molecule has 2 atom stereocenters. The number of aromatic nitrogens is 1. The molecular formula is C20H19NO2. The first-order valence-corrected chi connectivity index (χ1v) is 8.30. The molecule has 0 N–H and O–H groups in total. The minimum atomic E-state index is 0.240. The van der Waals surface area contributed by atoms with Gasteiger partial charge in [-0.2, -0.15) is 0 Å². The molecule has 1 saturated heterocycles. The zero-order valence-corrected chi connectivity index (χ0v) is 13.2. The summed E-state index contributed by atoms with van der Waals surface area (Å²) in [4.78, 5) is 0. The van der Waals surface area contributed by atoms with Crippen LogP contribution in [0.4, 0.5) is 0 Å². The van der Waals surface area contributed by atoms with E-state index in [0.29, 0.717) is 0 Å². The van der Waals surface area contributed by atoms with Gasteiger partial charge < -0.3 is 14.0 Å². The number of nitrogens with zero attached hydrogens (tertiary/aromatic N) is 1. The maximum atomic E-state index is 6.29. The highest BCUT2D eigenvalue weighted by atomic mass is 16.5. The molecule has 1 fully saturated rings. The van der Waals surface area contributed by atoms with Crippen molar-refractivity contribution in [3.8, 4) is 11.6 Å². The van der Waals surface area contributed by atoms with Crippen molar-refractivity contribution in [3.05, 3.63) is 59.7 Å². The second kappa shape index (κ2) is 4.87. The van der Waals surface area contributed by atoms with Crippen molar-refractivity contribution in [2.75, 3.05) is 6.61 Å². The molecule has 0 radical (unpaired) electrons. The molecular weight excluding hydrogens is 286 g/mol. The number of hydrogen-bond acceptors (Lipinski definition) is 2. The molecule has 116 valence electrons. The zero-order chi connectivity index (χ0) is 15.4. The van der Waals surface area contributed by atoms with Crippen molar-refractivity contribution < 1.29 is 9.47 Å². The van der Waals surface area contributed by atoms with Crippen molar-refractivity contribution in [1.82, 2.24) is 4.57 Å². The highest BCUT2D eigenvalue weighted by Gasteiger charge is 2.38. The Bertz CT molecular complexity index is 890. The summed E-state index contributed by atoms with van der Waals surface area (Å²) in [5.41, 5.74) is 3.75. The Morgan fingerprint density at radius 1 is 1.04 bits per heavy atom. The van der Waals surface area contributed by atoms with Gasteiger partial charge in [0, 0.05) is 36.1 Å². The van der Waals surface area contributed by atoms with Crippen LogP contribution < -0.4 is 4.74 Å². The molecule has 3 heterocycles. The van der Waals surface area contributed by atoms with E-state index in [1.165, 1.54) is 22.0 Å². The lowest BCUT2D eigenvalue weighted by molar-refractivity contribution is 0.0957. The second-order valence-corrected chi connectivity index (χ2v) is 6.46. The summed E-state index contributed by atoms with van der Waals surface area (Å²) in [5.74, 6) is 2.18. The summed E-state index contributed by atoms with van der Waals surface area (Å²) < 4.78 is 14.6. The van der Waals surface area contributed by atoms with Crippen LogP contribution in [-0.2, 0) is 11.8 Å². The monoisotopic (exact) mass is 305 g/mol. The van der Waals surface area contributed by atoms with Gasteiger partial charge in [-0.25, -0.2) is 0 Å². The van der Waals surface area contributed by atoms with Gasteiger partial charge in [0.1, 0.15) is 5.75 Å². The molecule has 0 unspecified atom stereocenters. The van der Waals surface area contributed by atoms with Gasteiger partial charge in [-0.05, 0) is 25.0 Å². The molecule has 5 rings (SSSR count). The van der Waals surface area contributed by atoms with Crippen LogP contribution >= 0.6 is 0 Å². The lowest BCUT2D eigenvalue weighted by atomic mass is 9.83. The molecule has 0 aliphatic carbocycles. The van der Waals surface area contributed by atoms with Crippen molar-refractivity contribution in [3.63, 3.8) is 0 Å². The Hall–Kier alpha value is -2.26. The lowest BCUT2D eigenvalue weighted by Crippen LogP contribution is -2.22. The summed E-state index contributed by atoms with van der Waals surface area (Å²) in [6, 6.07) is 16.9. The lowest BCUT2D eigenvalue weighted by Gasteiger charge is -2.30. The summed E-state index contributed by atoms with van der Waals surface area (Å²) in [6.45, 7) is 0.865. The normalized spacial score (nSPS) is 22.7. The topological polar surface area (TPSA) is 23.4 Å². The highest BCUT2D eigenvalue weighted by Crippen LogP contribution is 2.51. The van der Waals surface area contributed by atoms with Crippen LogP contribution in [0.25, 0.3) is 10.9 Å². The number of fused-ring (bicyclic) bond motifs is 4. The number of para-hydroxylation sites is 2. The van der Waals surface area contributed by atoms with E-state index in [-0.39, 0.29) is 12.0 Å². The molecule has 0 spiro atoms. The Morgan fingerprint density at radius 3 is 2.74 bits per heavy atom. The van der Waals surface area contributed by atoms with Crippen LogP contribution in [0.2, 0.25) is 0 Å². The number of rotatable bonds is 1. The largest absolute Gasteiger partial charge is 0.440 e. The van der Waals surface area contributed by atoms with E-state index in [9.17, 15) is 0 Å². The third kappa shape index (κ3) is 1.80. The van der Waals surface area contributed by atoms with Crippen LogP contribution in [0.1, 0.15) is 29.9 Å². The van der Waals surface area contributed by atoms with E-state index in [1.807, 2.05) is 6.07 Å². The fraction of sp³-hybridized carbons (Fsp3) is 0.300. The predicted molar refractivity (Wildman–Crippen MR) is 90.3 cm³/mol. The molecule has 0 amide bonds. The van der Waals surface area contributed by atoms with Gasteiger partial charge in [-0.15, -0.1) is 0 Å². The van der Waals surface area contributed by atoms with Crippen molar-refractivity contribution in [2.24, 2.45) is 7.05 Å².